The van der Waals surface area contributed by atoms with Crippen LogP contribution in [-0.4, -0.2) is 222 Å². The second-order valence-corrected chi connectivity index (χ2v) is 27.0. The van der Waals surface area contributed by atoms with Crippen LogP contribution in [0.15, 0.2) is 24.4 Å². The molecular weight excluding hydrogens is 1130 g/mol. The number of carbonyl (C=O) groups excluding carboxylic acids is 11. The largest absolute Gasteiger partial charge is 0.379 e. The molecule has 1 aliphatic rings. The van der Waals surface area contributed by atoms with Crippen molar-refractivity contribution < 1.29 is 57.5 Å². The lowest BCUT2D eigenvalue weighted by Gasteiger charge is -2.41. The number of rotatable bonds is 17. The molecular formula is C65H115N11O12. The van der Waals surface area contributed by atoms with Crippen LogP contribution in [0.1, 0.15) is 169 Å². The first kappa shape index (κ1) is 79.6. The second kappa shape index (κ2) is 35.7. The quantitative estimate of drug-likeness (QED) is 0.111. The molecule has 23 nitrogen and oxygen atoms in total. The van der Waals surface area contributed by atoms with Crippen LogP contribution in [0.2, 0.25) is 0 Å². The molecule has 502 valence electrons. The first-order valence-electron chi connectivity index (χ1n) is 31.5. The molecule has 4 N–H and O–H groups in total. The maximum atomic E-state index is 15.2. The summed E-state index contributed by atoms with van der Waals surface area (Å²) >= 11 is 0. The topological polar surface area (TPSA) is 268 Å². The van der Waals surface area contributed by atoms with Crippen LogP contribution < -0.4 is 21.3 Å². The van der Waals surface area contributed by atoms with Gasteiger partial charge in [0.2, 0.25) is 59.1 Å². The van der Waals surface area contributed by atoms with Crippen LogP contribution in [0.3, 0.4) is 0 Å². The fourth-order valence-electron chi connectivity index (χ4n) is 10.8. The van der Waals surface area contributed by atoms with Gasteiger partial charge in [-0.15, -0.1) is 0 Å². The van der Waals surface area contributed by atoms with E-state index < -0.39 is 143 Å². The Hall–Kier alpha value is -6.39. The van der Waals surface area contributed by atoms with Crippen molar-refractivity contribution in [3.05, 3.63) is 24.4 Å². The van der Waals surface area contributed by atoms with E-state index in [1.807, 2.05) is 67.5 Å². The summed E-state index contributed by atoms with van der Waals surface area (Å²) in [5, 5.41) is 11.1. The van der Waals surface area contributed by atoms with Crippen LogP contribution in [0.5, 0.6) is 0 Å². The third-order valence-corrected chi connectivity index (χ3v) is 16.9. The molecule has 1 aliphatic heterocycles. The highest BCUT2D eigenvalue weighted by Crippen LogP contribution is 2.26. The van der Waals surface area contributed by atoms with E-state index in [0.717, 1.165) is 9.80 Å². The predicted molar refractivity (Wildman–Crippen MR) is 342 cm³/mol. The molecule has 23 heteroatoms. The monoisotopic (exact) mass is 1240 g/mol. The second-order valence-electron chi connectivity index (χ2n) is 27.0. The van der Waals surface area contributed by atoms with Gasteiger partial charge in [0, 0.05) is 62.9 Å². The molecule has 0 radical (unpaired) electrons. The van der Waals surface area contributed by atoms with Crippen molar-refractivity contribution in [2.24, 2.45) is 35.5 Å². The minimum atomic E-state index is -1.33. The molecule has 0 spiro atoms. The van der Waals surface area contributed by atoms with Crippen molar-refractivity contribution in [3.63, 3.8) is 0 Å². The Labute approximate surface area is 527 Å². The van der Waals surface area contributed by atoms with Crippen molar-refractivity contribution in [2.45, 2.75) is 235 Å². The number of amides is 11. The highest BCUT2D eigenvalue weighted by molar-refractivity contribution is 6.02. The molecule has 11 amide bonds. The number of methoxy groups -OCH3 is 1. The summed E-state index contributed by atoms with van der Waals surface area (Å²) in [5.74, 6) is -8.78. The maximum Gasteiger partial charge on any atom is 0.270 e. The minimum Gasteiger partial charge on any atom is -0.379 e. The van der Waals surface area contributed by atoms with E-state index in [-0.39, 0.29) is 67.9 Å². The van der Waals surface area contributed by atoms with Crippen molar-refractivity contribution in [2.75, 3.05) is 56.4 Å². The number of hydrogen-bond donors (Lipinski definition) is 4. The normalized spacial score (nSPS) is 26.2. The number of likely N-dealkylation sites (N-methyl/N-ethyl adjacent to an activating group) is 7. The summed E-state index contributed by atoms with van der Waals surface area (Å²) in [4.78, 5) is 170. The van der Waals surface area contributed by atoms with Crippen molar-refractivity contribution in [3.8, 4) is 0 Å². The Balaban J connectivity index is 4.40. The van der Waals surface area contributed by atoms with Crippen LogP contribution in [0, 0.1) is 35.5 Å². The van der Waals surface area contributed by atoms with E-state index in [0.29, 0.717) is 12.8 Å². The van der Waals surface area contributed by atoms with Gasteiger partial charge in [-0.2, -0.15) is 0 Å². The molecule has 1 heterocycles. The van der Waals surface area contributed by atoms with Gasteiger partial charge in [0.25, 0.3) is 5.91 Å². The van der Waals surface area contributed by atoms with Gasteiger partial charge in [-0.25, -0.2) is 0 Å². The van der Waals surface area contributed by atoms with Gasteiger partial charge < -0.3 is 60.3 Å². The molecule has 0 saturated carbocycles. The maximum absolute atomic E-state index is 15.2. The minimum absolute atomic E-state index is 0.0429. The molecule has 0 unspecified atom stereocenters. The predicted octanol–water partition coefficient (Wildman–Crippen LogP) is 4.97. The smallest absolute Gasteiger partial charge is 0.270 e. The van der Waals surface area contributed by atoms with E-state index in [1.54, 1.807) is 48.5 Å². The van der Waals surface area contributed by atoms with Gasteiger partial charge in [0.05, 0.1) is 5.60 Å². The summed E-state index contributed by atoms with van der Waals surface area (Å²) in [6.07, 6.45) is 5.46. The Morgan fingerprint density at radius 3 is 1.45 bits per heavy atom. The highest BCUT2D eigenvalue weighted by Gasteiger charge is 2.45. The molecule has 0 aromatic rings. The summed E-state index contributed by atoms with van der Waals surface area (Å²) in [6.45, 7) is 34.2. The standard InChI is InChI=1S/C65H115N11O12/c1-27-29-30-42(13)35-48-56(79)68-46(28-2)60(83)70(19)45(16)59(82)75(24)51(36-65(17,18)88-26)57(80)69-52(40(9)10)63(86)71(20)47(32-31-37(3)4)55(78)66-43(14)54(77)67-44(15)58(81)73(22)49(33-38(5)6)61(84)74(23)50(34-39(7)8)62(85)76(25)53(41(11)12)64(87)72(48)21/h27,29,37-44,46-53H,16,28,30-36H2,1-15,17-26H3,(H,66,78)(H,67,77)(H,68,79)(H,69,80)/b29-27+/t42-,43-,44+,46+,47-,48+,49+,50+,51+,52-,53+/m1/s1. The van der Waals surface area contributed by atoms with Gasteiger partial charge in [-0.05, 0) is 115 Å². The van der Waals surface area contributed by atoms with E-state index in [4.69, 9.17) is 4.74 Å². The summed E-state index contributed by atoms with van der Waals surface area (Å²) in [7, 11) is 11.5. The number of nitrogens with one attached hydrogen (secondary N) is 4. The number of allylic oxidation sites excluding steroid dienone is 2. The van der Waals surface area contributed by atoms with Gasteiger partial charge in [-0.3, -0.25) is 52.7 Å². The van der Waals surface area contributed by atoms with Crippen molar-refractivity contribution in [1.82, 2.24) is 55.6 Å². The molecule has 0 aromatic carbocycles. The average Bonchev–Trinajstić information content (AvgIpc) is 3.55. The molecule has 88 heavy (non-hydrogen) atoms. The van der Waals surface area contributed by atoms with Crippen LogP contribution in [0.4, 0.5) is 0 Å². The van der Waals surface area contributed by atoms with E-state index >= 15 is 9.59 Å². The Kier molecular flexibility index (Phi) is 32.3. The van der Waals surface area contributed by atoms with Gasteiger partial charge >= 0.3 is 0 Å². The number of hydrogen-bond acceptors (Lipinski definition) is 12. The van der Waals surface area contributed by atoms with Crippen LogP contribution in [0.25, 0.3) is 0 Å². The third kappa shape index (κ3) is 22.3. The van der Waals surface area contributed by atoms with Crippen molar-refractivity contribution in [1.29, 1.82) is 0 Å². The lowest BCUT2D eigenvalue weighted by molar-refractivity contribution is -0.156. The van der Waals surface area contributed by atoms with Gasteiger partial charge in [0.1, 0.15) is 66.1 Å². The fraction of sp³-hybridized carbons (Fsp3) is 0.769. The Bertz CT molecular complexity index is 2460. The fourth-order valence-corrected chi connectivity index (χ4v) is 10.8. The van der Waals surface area contributed by atoms with Crippen molar-refractivity contribution >= 4 is 65.0 Å². The van der Waals surface area contributed by atoms with E-state index in [2.05, 4.69) is 27.8 Å². The number of nitrogens with zero attached hydrogens (tertiary/aromatic N) is 7. The zero-order chi connectivity index (χ0) is 68.3. The number of carbonyl (C=O) groups is 11. The first-order chi connectivity index (χ1) is 40.6. The lowest BCUT2D eigenvalue weighted by atomic mass is 9.93. The number of ether oxygens (including phenoxy) is 1. The third-order valence-electron chi connectivity index (χ3n) is 16.9. The summed E-state index contributed by atoms with van der Waals surface area (Å²) in [6, 6.07) is -12.0. The lowest BCUT2D eigenvalue weighted by Crippen LogP contribution is -2.61. The summed E-state index contributed by atoms with van der Waals surface area (Å²) in [5.41, 5.74) is -1.38. The van der Waals surface area contributed by atoms with E-state index in [1.165, 1.54) is 94.8 Å². The molecule has 11 atom stereocenters. The molecule has 1 fully saturated rings. The molecule has 0 bridgehead atoms. The molecule has 1 saturated heterocycles. The van der Waals surface area contributed by atoms with Gasteiger partial charge in [0.15, 0.2) is 0 Å². The molecule has 0 aliphatic carbocycles. The molecule has 0 aromatic heterocycles. The Morgan fingerprint density at radius 1 is 0.523 bits per heavy atom. The van der Waals surface area contributed by atoms with Crippen LogP contribution >= 0.6 is 0 Å². The van der Waals surface area contributed by atoms with Gasteiger partial charge in [-0.1, -0.05) is 102 Å². The Morgan fingerprint density at radius 2 is 0.989 bits per heavy atom. The zero-order valence-corrected chi connectivity index (χ0v) is 58.3. The molecule has 1 rings (SSSR count). The summed E-state index contributed by atoms with van der Waals surface area (Å²) < 4.78 is 5.73. The van der Waals surface area contributed by atoms with Crippen LogP contribution in [-0.2, 0) is 57.5 Å². The highest BCUT2D eigenvalue weighted by atomic mass is 16.5. The average molecular weight is 1240 g/mol. The SMILES string of the molecule is C=C1C(=O)N(C)[C@@H](CC(C)(C)OC)C(=O)N[C@H](C(C)C)C(=O)N(C)[C@H](CCC(C)C)C(=O)N[C@H](C)C(=O)N[C@@H](C)C(=O)N(C)[C@@H](CC(C)C)C(=O)N(C)[C@@H](CC(C)C)C(=O)N(C)[C@@H](C(C)C)C(=O)N(C)[C@@H](C[C@H](C)C/C=C/C)C(=O)N[C@@H](CC)C(=O)N1C. The zero-order valence-electron chi connectivity index (χ0n) is 58.3. The van der Waals surface area contributed by atoms with E-state index in [9.17, 15) is 43.2 Å². The first-order valence-corrected chi connectivity index (χ1v) is 31.5.